The minimum absolute atomic E-state index is 0.0300. The summed E-state index contributed by atoms with van der Waals surface area (Å²) in [4.78, 5) is 15.1. The average Bonchev–Trinajstić information content (AvgIpc) is 3.10. The Kier molecular flexibility index (Phi) is 10.9. The Bertz CT molecular complexity index is 1530. The molecule has 2 aliphatic heterocycles. The third-order valence-corrected chi connectivity index (χ3v) is 9.44. The molecule has 0 spiro atoms. The molecule has 2 saturated heterocycles. The van der Waals surface area contributed by atoms with Gasteiger partial charge in [0.25, 0.3) is 5.91 Å². The summed E-state index contributed by atoms with van der Waals surface area (Å²) in [5.41, 5.74) is 6.90. The van der Waals surface area contributed by atoms with Gasteiger partial charge in [-0.25, -0.2) is 0 Å². The Balaban J connectivity index is 1.18. The number of carbonyl (C=O) groups is 1. The molecule has 4 atom stereocenters. The summed E-state index contributed by atoms with van der Waals surface area (Å²) in [6.45, 7) is 5.88. The van der Waals surface area contributed by atoms with Crippen molar-refractivity contribution >= 4 is 5.91 Å². The summed E-state index contributed by atoms with van der Waals surface area (Å²) >= 11 is 0. The molecule has 4 aromatic carbocycles. The minimum Gasteiger partial charge on any atom is -0.392 e. The molecule has 240 valence electrons. The van der Waals surface area contributed by atoms with E-state index in [2.05, 4.69) is 65.7 Å². The number of amides is 1. The largest absolute Gasteiger partial charge is 0.392 e. The molecule has 6 nitrogen and oxygen atoms in total. The van der Waals surface area contributed by atoms with Crippen LogP contribution in [0.15, 0.2) is 103 Å². The number of aliphatic hydroxyl groups excluding tert-OH is 1. The highest BCUT2D eigenvalue weighted by Crippen LogP contribution is 2.42. The SMILES string of the molecule is C[C@@H]1[C@H](CN2CCCCCCC2)O[C@H](c2ccc(-c3cccc(CNC(=O)c4ccccc4)c3)cc2)O[C@@H]1c1ccc(CO)cc1. The van der Waals surface area contributed by atoms with Gasteiger partial charge in [-0.15, -0.1) is 0 Å². The van der Waals surface area contributed by atoms with Crippen molar-refractivity contribution in [2.45, 2.75) is 70.7 Å². The molecule has 2 heterocycles. The third-order valence-electron chi connectivity index (χ3n) is 9.44. The molecule has 0 saturated carbocycles. The van der Waals surface area contributed by atoms with Crippen LogP contribution in [-0.2, 0) is 22.6 Å². The highest BCUT2D eigenvalue weighted by Gasteiger charge is 2.39. The Morgan fingerprint density at radius 2 is 1.46 bits per heavy atom. The van der Waals surface area contributed by atoms with Crippen LogP contribution in [0.5, 0.6) is 0 Å². The Labute approximate surface area is 273 Å². The molecule has 2 aliphatic rings. The normalized spacial score (nSPS) is 22.5. The molecule has 46 heavy (non-hydrogen) atoms. The summed E-state index contributed by atoms with van der Waals surface area (Å²) in [6, 6.07) is 34.2. The number of nitrogens with zero attached hydrogens (tertiary/aromatic N) is 1. The maximum Gasteiger partial charge on any atom is 0.251 e. The van der Waals surface area contributed by atoms with Crippen molar-refractivity contribution in [2.24, 2.45) is 5.92 Å². The van der Waals surface area contributed by atoms with E-state index < -0.39 is 6.29 Å². The first-order valence-corrected chi connectivity index (χ1v) is 16.8. The molecule has 6 heteroatoms. The Morgan fingerprint density at radius 3 is 2.17 bits per heavy atom. The van der Waals surface area contributed by atoms with Crippen LogP contribution in [0, 0.1) is 5.92 Å². The Hall–Kier alpha value is -3.81. The number of ether oxygens (including phenoxy) is 2. The van der Waals surface area contributed by atoms with Crippen LogP contribution in [-0.4, -0.2) is 41.7 Å². The zero-order chi connectivity index (χ0) is 31.7. The van der Waals surface area contributed by atoms with Crippen LogP contribution >= 0.6 is 0 Å². The van der Waals surface area contributed by atoms with E-state index in [1.54, 1.807) is 0 Å². The second kappa shape index (κ2) is 15.7. The maximum atomic E-state index is 12.5. The standard InChI is InChI=1S/C40H46N2O4/c1-29-37(27-42-23-8-3-2-4-9-24-42)45-40(46-38(29)33-17-15-30(28-43)16-18-33)35-21-19-32(20-22-35)36-14-10-11-31(25-36)26-41-39(44)34-12-6-5-7-13-34/h5-7,10-22,25,29,37-38,40,43H,2-4,8-9,23-24,26-28H2,1H3,(H,41,44)/t29-,37+,38+,40+/m1/s1. The lowest BCUT2D eigenvalue weighted by Crippen LogP contribution is -2.45. The number of benzene rings is 4. The van der Waals surface area contributed by atoms with Gasteiger partial charge in [-0.3, -0.25) is 4.79 Å². The highest BCUT2D eigenvalue weighted by atomic mass is 16.7. The van der Waals surface area contributed by atoms with E-state index in [1.165, 1.54) is 32.1 Å². The maximum absolute atomic E-state index is 12.5. The molecule has 2 fully saturated rings. The lowest BCUT2D eigenvalue weighted by molar-refractivity contribution is -0.276. The second-order valence-corrected chi connectivity index (χ2v) is 12.8. The number of carbonyl (C=O) groups excluding carboxylic acids is 1. The second-order valence-electron chi connectivity index (χ2n) is 12.8. The smallest absolute Gasteiger partial charge is 0.251 e. The average molecular weight is 619 g/mol. The molecule has 2 N–H and O–H groups in total. The minimum atomic E-state index is -0.480. The van der Waals surface area contributed by atoms with Crippen LogP contribution in [0.4, 0.5) is 0 Å². The molecule has 0 bridgehead atoms. The van der Waals surface area contributed by atoms with Crippen molar-refractivity contribution in [1.82, 2.24) is 10.2 Å². The topological polar surface area (TPSA) is 71.0 Å². The number of hydrogen-bond acceptors (Lipinski definition) is 5. The van der Waals surface area contributed by atoms with Crippen molar-refractivity contribution in [1.29, 1.82) is 0 Å². The molecular formula is C40H46N2O4. The van der Waals surface area contributed by atoms with E-state index in [0.29, 0.717) is 12.1 Å². The first kappa shape index (κ1) is 32.1. The fraction of sp³-hybridized carbons (Fsp3) is 0.375. The van der Waals surface area contributed by atoms with Gasteiger partial charge in [0, 0.05) is 30.1 Å². The van der Waals surface area contributed by atoms with Gasteiger partial charge in [0.2, 0.25) is 0 Å². The van der Waals surface area contributed by atoms with Crippen molar-refractivity contribution in [3.05, 3.63) is 131 Å². The first-order chi connectivity index (χ1) is 22.6. The predicted octanol–water partition coefficient (Wildman–Crippen LogP) is 7.83. The highest BCUT2D eigenvalue weighted by molar-refractivity contribution is 5.94. The fourth-order valence-electron chi connectivity index (χ4n) is 6.65. The van der Waals surface area contributed by atoms with Gasteiger partial charge in [0.05, 0.1) is 18.8 Å². The number of likely N-dealkylation sites (tertiary alicyclic amines) is 1. The first-order valence-electron chi connectivity index (χ1n) is 16.8. The summed E-state index contributed by atoms with van der Waals surface area (Å²) in [5.74, 6) is 0.0931. The number of aliphatic hydroxyl groups is 1. The molecule has 1 amide bonds. The fourth-order valence-corrected chi connectivity index (χ4v) is 6.65. The van der Waals surface area contributed by atoms with Crippen molar-refractivity contribution in [2.75, 3.05) is 19.6 Å². The Morgan fingerprint density at radius 1 is 0.761 bits per heavy atom. The van der Waals surface area contributed by atoms with Crippen LogP contribution in [0.2, 0.25) is 0 Å². The molecule has 0 unspecified atom stereocenters. The molecular weight excluding hydrogens is 572 g/mol. The summed E-state index contributed by atoms with van der Waals surface area (Å²) in [6.07, 6.45) is 5.88. The van der Waals surface area contributed by atoms with Crippen LogP contribution in [0.1, 0.15) is 84.0 Å². The monoisotopic (exact) mass is 618 g/mol. The zero-order valence-electron chi connectivity index (χ0n) is 26.8. The van der Waals surface area contributed by atoms with Crippen LogP contribution in [0.25, 0.3) is 11.1 Å². The van der Waals surface area contributed by atoms with Gasteiger partial charge in [0.1, 0.15) is 0 Å². The van der Waals surface area contributed by atoms with Crippen molar-refractivity contribution in [3.63, 3.8) is 0 Å². The molecule has 4 aromatic rings. The molecule has 0 radical (unpaired) electrons. The summed E-state index contributed by atoms with van der Waals surface area (Å²) < 4.78 is 13.5. The van der Waals surface area contributed by atoms with Gasteiger partial charge < -0.3 is 24.8 Å². The lowest BCUT2D eigenvalue weighted by Gasteiger charge is -2.43. The van der Waals surface area contributed by atoms with Gasteiger partial charge in [0.15, 0.2) is 6.29 Å². The summed E-state index contributed by atoms with van der Waals surface area (Å²) in [7, 11) is 0. The van der Waals surface area contributed by atoms with Crippen LogP contribution < -0.4 is 5.32 Å². The van der Waals surface area contributed by atoms with E-state index >= 15 is 0 Å². The molecule has 0 aromatic heterocycles. The number of nitrogens with one attached hydrogen (secondary N) is 1. The van der Waals surface area contributed by atoms with Gasteiger partial charge >= 0.3 is 0 Å². The van der Waals surface area contributed by atoms with Crippen molar-refractivity contribution < 1.29 is 19.4 Å². The van der Waals surface area contributed by atoms with E-state index in [9.17, 15) is 9.90 Å². The van der Waals surface area contributed by atoms with Gasteiger partial charge in [-0.2, -0.15) is 0 Å². The quantitative estimate of drug-likeness (QED) is 0.200. The van der Waals surface area contributed by atoms with Crippen molar-refractivity contribution in [3.8, 4) is 11.1 Å². The van der Waals surface area contributed by atoms with E-state index in [-0.39, 0.29) is 30.6 Å². The van der Waals surface area contributed by atoms with Gasteiger partial charge in [-0.1, -0.05) is 111 Å². The van der Waals surface area contributed by atoms with Crippen LogP contribution in [0.3, 0.4) is 0 Å². The zero-order valence-corrected chi connectivity index (χ0v) is 26.8. The van der Waals surface area contributed by atoms with E-state index in [4.69, 9.17) is 9.47 Å². The summed E-state index contributed by atoms with van der Waals surface area (Å²) in [5, 5.41) is 12.6. The third kappa shape index (κ3) is 8.12. The predicted molar refractivity (Wildman–Crippen MR) is 182 cm³/mol. The van der Waals surface area contributed by atoms with E-state index in [1.807, 2.05) is 54.6 Å². The number of rotatable bonds is 9. The molecule has 0 aliphatic carbocycles. The van der Waals surface area contributed by atoms with E-state index in [0.717, 1.165) is 53.0 Å². The van der Waals surface area contributed by atoms with Gasteiger partial charge in [-0.05, 0) is 71.9 Å². The lowest BCUT2D eigenvalue weighted by atomic mass is 9.89. The molecule has 6 rings (SSSR count). The number of hydrogen-bond donors (Lipinski definition) is 2.